The first-order chi connectivity index (χ1) is 9.11. The molecule has 0 radical (unpaired) electrons. The van der Waals surface area contributed by atoms with Crippen LogP contribution in [-0.2, 0) is 18.4 Å². The van der Waals surface area contributed by atoms with Crippen molar-refractivity contribution in [1.29, 1.82) is 0 Å². The van der Waals surface area contributed by atoms with E-state index in [1.807, 2.05) is 31.4 Å². The Morgan fingerprint density at radius 1 is 1.58 bits per heavy atom. The SMILES string of the molecule is CN(Cc1cnn(C)c1)C(=O)C1CC12CCNCC2. The van der Waals surface area contributed by atoms with Crippen LogP contribution in [0.4, 0.5) is 0 Å². The lowest BCUT2D eigenvalue weighted by atomic mass is 9.91. The summed E-state index contributed by atoms with van der Waals surface area (Å²) in [5.41, 5.74) is 1.42. The van der Waals surface area contributed by atoms with Crippen molar-refractivity contribution in [2.75, 3.05) is 20.1 Å². The van der Waals surface area contributed by atoms with Gasteiger partial charge in [0.2, 0.25) is 5.91 Å². The first kappa shape index (κ1) is 12.7. The van der Waals surface area contributed by atoms with Gasteiger partial charge in [0.15, 0.2) is 0 Å². The quantitative estimate of drug-likeness (QED) is 0.875. The summed E-state index contributed by atoms with van der Waals surface area (Å²) < 4.78 is 1.78. The predicted octanol–water partition coefficient (Wildman–Crippen LogP) is 0.768. The molecule has 19 heavy (non-hydrogen) atoms. The fraction of sp³-hybridized carbons (Fsp3) is 0.714. The van der Waals surface area contributed by atoms with Gasteiger partial charge in [0.25, 0.3) is 0 Å². The van der Waals surface area contributed by atoms with Crippen LogP contribution in [0.3, 0.4) is 0 Å². The molecule has 2 fully saturated rings. The molecule has 3 rings (SSSR count). The van der Waals surface area contributed by atoms with Crippen LogP contribution in [0, 0.1) is 11.3 Å². The van der Waals surface area contributed by atoms with Gasteiger partial charge >= 0.3 is 0 Å². The van der Waals surface area contributed by atoms with E-state index in [-0.39, 0.29) is 5.92 Å². The first-order valence-electron chi connectivity index (χ1n) is 7.04. The second kappa shape index (κ2) is 4.63. The van der Waals surface area contributed by atoms with Crippen LogP contribution in [0.25, 0.3) is 0 Å². The minimum absolute atomic E-state index is 0.260. The lowest BCUT2D eigenvalue weighted by molar-refractivity contribution is -0.132. The average Bonchev–Trinajstić information content (AvgIpc) is 2.92. The van der Waals surface area contributed by atoms with Crippen molar-refractivity contribution in [3.05, 3.63) is 18.0 Å². The first-order valence-corrected chi connectivity index (χ1v) is 7.04. The van der Waals surface area contributed by atoms with Crippen LogP contribution >= 0.6 is 0 Å². The van der Waals surface area contributed by atoms with Gasteiger partial charge in [-0.25, -0.2) is 0 Å². The summed E-state index contributed by atoms with van der Waals surface area (Å²) in [5.74, 6) is 0.571. The molecule has 1 unspecified atom stereocenters. The fourth-order valence-electron chi connectivity index (χ4n) is 3.35. The molecule has 5 heteroatoms. The van der Waals surface area contributed by atoms with Crippen LogP contribution in [-0.4, -0.2) is 40.7 Å². The van der Waals surface area contributed by atoms with E-state index in [4.69, 9.17) is 0 Å². The number of nitrogens with one attached hydrogen (secondary N) is 1. The molecule has 2 aliphatic rings. The number of aromatic nitrogens is 2. The molecule has 1 aromatic heterocycles. The topological polar surface area (TPSA) is 50.2 Å². The maximum atomic E-state index is 12.5. The molecule has 1 saturated heterocycles. The normalized spacial score (nSPS) is 24.4. The molecule has 0 aromatic carbocycles. The molecule has 104 valence electrons. The van der Waals surface area contributed by atoms with Gasteiger partial charge in [-0.15, -0.1) is 0 Å². The summed E-state index contributed by atoms with van der Waals surface area (Å²) in [6, 6.07) is 0. The van der Waals surface area contributed by atoms with E-state index in [2.05, 4.69) is 10.4 Å². The standard InChI is InChI=1S/C14H22N4O/c1-17(9-11-8-16-18(2)10-11)13(19)12-7-14(12)3-5-15-6-4-14/h8,10,12,15H,3-7,9H2,1-2H3. The highest BCUT2D eigenvalue weighted by molar-refractivity contribution is 5.82. The summed E-state index contributed by atoms with van der Waals surface area (Å²) in [5, 5.41) is 7.52. The zero-order valence-electron chi connectivity index (χ0n) is 11.7. The molecule has 2 heterocycles. The predicted molar refractivity (Wildman–Crippen MR) is 72.3 cm³/mol. The Bertz CT molecular complexity index is 476. The monoisotopic (exact) mass is 262 g/mol. The smallest absolute Gasteiger partial charge is 0.226 e. The van der Waals surface area contributed by atoms with E-state index in [9.17, 15) is 4.79 Å². The number of nitrogens with zero attached hydrogens (tertiary/aromatic N) is 3. The Morgan fingerprint density at radius 3 is 2.95 bits per heavy atom. The number of hydrogen-bond donors (Lipinski definition) is 1. The minimum atomic E-state index is 0.260. The minimum Gasteiger partial charge on any atom is -0.341 e. The zero-order chi connectivity index (χ0) is 13.5. The maximum Gasteiger partial charge on any atom is 0.226 e. The summed E-state index contributed by atoms with van der Waals surface area (Å²) >= 11 is 0. The van der Waals surface area contributed by atoms with Gasteiger partial charge in [-0.2, -0.15) is 5.10 Å². The van der Waals surface area contributed by atoms with Gasteiger partial charge in [-0.3, -0.25) is 9.48 Å². The van der Waals surface area contributed by atoms with Crippen molar-refractivity contribution in [2.45, 2.75) is 25.8 Å². The van der Waals surface area contributed by atoms with E-state index < -0.39 is 0 Å². The molecule has 1 aliphatic carbocycles. The van der Waals surface area contributed by atoms with E-state index in [1.165, 1.54) is 0 Å². The van der Waals surface area contributed by atoms with Crippen molar-refractivity contribution in [1.82, 2.24) is 20.0 Å². The van der Waals surface area contributed by atoms with Crippen LogP contribution in [0.1, 0.15) is 24.8 Å². The highest BCUT2D eigenvalue weighted by atomic mass is 16.2. The third-order valence-corrected chi connectivity index (χ3v) is 4.64. The highest BCUT2D eigenvalue weighted by Crippen LogP contribution is 2.59. The Hall–Kier alpha value is -1.36. The molecule has 1 aliphatic heterocycles. The molecular formula is C14H22N4O. The highest BCUT2D eigenvalue weighted by Gasteiger charge is 2.58. The number of amides is 1. The zero-order valence-corrected chi connectivity index (χ0v) is 11.7. The van der Waals surface area contributed by atoms with Gasteiger partial charge in [0, 0.05) is 38.3 Å². The van der Waals surface area contributed by atoms with Crippen molar-refractivity contribution in [3.8, 4) is 0 Å². The Morgan fingerprint density at radius 2 is 2.32 bits per heavy atom. The fourth-order valence-corrected chi connectivity index (χ4v) is 3.35. The lowest BCUT2D eigenvalue weighted by Gasteiger charge is -2.25. The lowest BCUT2D eigenvalue weighted by Crippen LogP contribution is -2.34. The summed E-state index contributed by atoms with van der Waals surface area (Å²) in [4.78, 5) is 14.3. The van der Waals surface area contributed by atoms with Crippen LogP contribution < -0.4 is 5.32 Å². The van der Waals surface area contributed by atoms with E-state index >= 15 is 0 Å². The molecule has 5 nitrogen and oxygen atoms in total. The molecule has 0 bridgehead atoms. The van der Waals surface area contributed by atoms with Crippen LogP contribution in [0.5, 0.6) is 0 Å². The number of carbonyl (C=O) groups is 1. The number of rotatable bonds is 3. The Labute approximate surface area is 114 Å². The van der Waals surface area contributed by atoms with Gasteiger partial charge in [-0.1, -0.05) is 0 Å². The molecule has 1 saturated carbocycles. The van der Waals surface area contributed by atoms with Crippen LogP contribution in [0.2, 0.25) is 0 Å². The third-order valence-electron chi connectivity index (χ3n) is 4.64. The van der Waals surface area contributed by atoms with E-state index in [0.29, 0.717) is 17.9 Å². The average molecular weight is 262 g/mol. The molecule has 1 aromatic rings. The molecule has 1 amide bonds. The molecule has 1 atom stereocenters. The van der Waals surface area contributed by atoms with Crippen molar-refractivity contribution in [2.24, 2.45) is 18.4 Å². The van der Waals surface area contributed by atoms with Gasteiger partial charge in [0.1, 0.15) is 0 Å². The summed E-state index contributed by atoms with van der Waals surface area (Å²) in [6.07, 6.45) is 7.20. The van der Waals surface area contributed by atoms with Crippen LogP contribution in [0.15, 0.2) is 12.4 Å². The van der Waals surface area contributed by atoms with Gasteiger partial charge < -0.3 is 10.2 Å². The molecule has 1 spiro atoms. The number of hydrogen-bond acceptors (Lipinski definition) is 3. The Balaban J connectivity index is 1.59. The molecular weight excluding hydrogens is 240 g/mol. The van der Waals surface area contributed by atoms with Gasteiger partial charge in [0.05, 0.1) is 6.20 Å². The summed E-state index contributed by atoms with van der Waals surface area (Å²) in [7, 11) is 3.80. The Kier molecular flexibility index (Phi) is 3.09. The van der Waals surface area contributed by atoms with Gasteiger partial charge in [-0.05, 0) is 37.8 Å². The number of aryl methyl sites for hydroxylation is 1. The van der Waals surface area contributed by atoms with E-state index in [1.54, 1.807) is 4.68 Å². The maximum absolute atomic E-state index is 12.5. The molecule has 1 N–H and O–H groups in total. The number of carbonyl (C=O) groups excluding carboxylic acids is 1. The second-order valence-corrected chi connectivity index (χ2v) is 6.09. The van der Waals surface area contributed by atoms with Crippen molar-refractivity contribution < 1.29 is 4.79 Å². The van der Waals surface area contributed by atoms with E-state index in [0.717, 1.165) is 37.9 Å². The third kappa shape index (κ3) is 2.39. The van der Waals surface area contributed by atoms with Crippen molar-refractivity contribution in [3.63, 3.8) is 0 Å². The van der Waals surface area contributed by atoms with Crippen molar-refractivity contribution >= 4 is 5.91 Å². The summed E-state index contributed by atoms with van der Waals surface area (Å²) in [6.45, 7) is 2.80. The second-order valence-electron chi connectivity index (χ2n) is 6.09. The number of piperidine rings is 1. The largest absolute Gasteiger partial charge is 0.341 e.